The molecule has 26 heavy (non-hydrogen) atoms. The number of nitrogens with one attached hydrogen (secondary N) is 1. The second-order valence-corrected chi connectivity index (χ2v) is 7.15. The lowest BCUT2D eigenvalue weighted by molar-refractivity contribution is -0.130. The Labute approximate surface area is 153 Å². The summed E-state index contributed by atoms with van der Waals surface area (Å²) >= 11 is 0. The maximum Gasteiger partial charge on any atom is 0.338 e. The summed E-state index contributed by atoms with van der Waals surface area (Å²) in [5.74, 6) is -0.576. The normalized spacial score (nSPS) is 18.8. The molecule has 6 heteroatoms. The minimum absolute atomic E-state index is 0.176. The Morgan fingerprint density at radius 2 is 1.88 bits per heavy atom. The fraction of sp³-hybridized carbons (Fsp3) is 0.550. The molecule has 0 spiro atoms. The molecule has 2 amide bonds. The predicted molar refractivity (Wildman–Crippen MR) is 96.4 cm³/mol. The van der Waals surface area contributed by atoms with Crippen LogP contribution in [0.2, 0.25) is 0 Å². The third kappa shape index (κ3) is 4.62. The van der Waals surface area contributed by atoms with E-state index < -0.39 is 12.1 Å². The Morgan fingerprint density at radius 3 is 2.50 bits per heavy atom. The van der Waals surface area contributed by atoms with Crippen LogP contribution in [-0.4, -0.2) is 41.4 Å². The number of amides is 2. The molecule has 1 aromatic carbocycles. The van der Waals surface area contributed by atoms with Crippen LogP contribution in [0.25, 0.3) is 0 Å². The quantitative estimate of drug-likeness (QED) is 0.793. The van der Waals surface area contributed by atoms with E-state index in [0.29, 0.717) is 18.5 Å². The Morgan fingerprint density at radius 1 is 1.19 bits per heavy atom. The molecule has 1 aliphatic carbocycles. The molecule has 0 aromatic heterocycles. The number of benzene rings is 1. The van der Waals surface area contributed by atoms with Crippen molar-refractivity contribution in [1.82, 2.24) is 10.2 Å². The number of esters is 1. The minimum atomic E-state index is -0.815. The lowest BCUT2D eigenvalue weighted by Crippen LogP contribution is -2.40. The lowest BCUT2D eigenvalue weighted by atomic mass is 10.1. The molecule has 1 unspecified atom stereocenters. The van der Waals surface area contributed by atoms with Crippen molar-refractivity contribution in [2.45, 2.75) is 64.1 Å². The maximum absolute atomic E-state index is 12.2. The average molecular weight is 358 g/mol. The third-order valence-corrected chi connectivity index (χ3v) is 5.09. The van der Waals surface area contributed by atoms with Crippen molar-refractivity contribution in [1.29, 1.82) is 0 Å². The predicted octanol–water partition coefficient (Wildman–Crippen LogP) is 2.41. The van der Waals surface area contributed by atoms with Gasteiger partial charge < -0.3 is 15.0 Å². The molecule has 2 fully saturated rings. The maximum atomic E-state index is 12.2. The molecular formula is C20H26N2O4. The van der Waals surface area contributed by atoms with E-state index in [1.807, 2.05) is 17.0 Å². The molecule has 1 N–H and O–H groups in total. The number of rotatable bonds is 6. The summed E-state index contributed by atoms with van der Waals surface area (Å²) < 4.78 is 5.28. The van der Waals surface area contributed by atoms with Crippen molar-refractivity contribution in [3.63, 3.8) is 0 Å². The van der Waals surface area contributed by atoms with Gasteiger partial charge in [0.05, 0.1) is 5.56 Å². The van der Waals surface area contributed by atoms with E-state index in [2.05, 4.69) is 5.32 Å². The van der Waals surface area contributed by atoms with Gasteiger partial charge in [-0.25, -0.2) is 4.79 Å². The second-order valence-electron chi connectivity index (χ2n) is 7.15. The van der Waals surface area contributed by atoms with Gasteiger partial charge in [0.2, 0.25) is 5.91 Å². The molecule has 0 bridgehead atoms. The Kier molecular flexibility index (Phi) is 5.91. The molecule has 1 aliphatic heterocycles. The topological polar surface area (TPSA) is 75.7 Å². The highest BCUT2D eigenvalue weighted by atomic mass is 16.5. The van der Waals surface area contributed by atoms with Gasteiger partial charge >= 0.3 is 5.97 Å². The highest BCUT2D eigenvalue weighted by Crippen LogP contribution is 2.18. The zero-order valence-corrected chi connectivity index (χ0v) is 15.2. The zero-order chi connectivity index (χ0) is 18.5. The van der Waals surface area contributed by atoms with Crippen molar-refractivity contribution in [2.75, 3.05) is 6.54 Å². The first kappa shape index (κ1) is 18.4. The number of carbonyl (C=O) groups is 3. The monoisotopic (exact) mass is 358 g/mol. The van der Waals surface area contributed by atoms with Crippen LogP contribution >= 0.6 is 0 Å². The van der Waals surface area contributed by atoms with Crippen LogP contribution in [0.4, 0.5) is 0 Å². The zero-order valence-electron chi connectivity index (χ0n) is 15.2. The van der Waals surface area contributed by atoms with Gasteiger partial charge in [-0.2, -0.15) is 0 Å². The smallest absolute Gasteiger partial charge is 0.338 e. The summed E-state index contributed by atoms with van der Waals surface area (Å²) in [5, 5.41) is 2.94. The van der Waals surface area contributed by atoms with E-state index in [-0.39, 0.29) is 17.9 Å². The fourth-order valence-electron chi connectivity index (χ4n) is 3.51. The molecule has 1 saturated carbocycles. The number of ether oxygens (including phenoxy) is 1. The van der Waals surface area contributed by atoms with Crippen LogP contribution in [0.3, 0.4) is 0 Å². The van der Waals surface area contributed by atoms with E-state index in [0.717, 1.165) is 44.2 Å². The van der Waals surface area contributed by atoms with Crippen LogP contribution in [0, 0.1) is 0 Å². The highest BCUT2D eigenvalue weighted by molar-refractivity contribution is 5.92. The first-order valence-electron chi connectivity index (χ1n) is 9.41. The minimum Gasteiger partial charge on any atom is -0.449 e. The van der Waals surface area contributed by atoms with Gasteiger partial charge in [0.15, 0.2) is 6.10 Å². The van der Waals surface area contributed by atoms with Crippen LogP contribution < -0.4 is 5.32 Å². The standard InChI is InChI=1S/C20H26N2O4/c1-14(19(24)21-17-5-2-3-6-17)26-20(25)16-10-8-15(9-11-16)13-22-12-4-7-18(22)23/h8-11,14,17H,2-7,12-13H2,1H3,(H,21,24). The van der Waals surface area contributed by atoms with Crippen LogP contribution in [0.15, 0.2) is 24.3 Å². The molecule has 140 valence electrons. The summed E-state index contributed by atoms with van der Waals surface area (Å²) in [6, 6.07) is 7.22. The summed E-state index contributed by atoms with van der Waals surface area (Å²) in [5.41, 5.74) is 1.38. The van der Waals surface area contributed by atoms with Gasteiger partial charge in [0.25, 0.3) is 5.91 Å². The first-order chi connectivity index (χ1) is 12.5. The third-order valence-electron chi connectivity index (χ3n) is 5.09. The van der Waals surface area contributed by atoms with E-state index in [9.17, 15) is 14.4 Å². The first-order valence-corrected chi connectivity index (χ1v) is 9.41. The molecule has 1 saturated heterocycles. The average Bonchev–Trinajstić information content (AvgIpc) is 3.27. The molecule has 2 aliphatic rings. The van der Waals surface area contributed by atoms with Crippen LogP contribution in [0.5, 0.6) is 0 Å². The van der Waals surface area contributed by atoms with Gasteiger partial charge in [-0.1, -0.05) is 25.0 Å². The molecule has 1 aromatic rings. The van der Waals surface area contributed by atoms with Crippen molar-refractivity contribution in [3.05, 3.63) is 35.4 Å². The van der Waals surface area contributed by atoms with Crippen molar-refractivity contribution < 1.29 is 19.1 Å². The van der Waals surface area contributed by atoms with Gasteiger partial charge in [0, 0.05) is 25.6 Å². The van der Waals surface area contributed by atoms with Gasteiger partial charge in [-0.05, 0) is 43.9 Å². The Balaban J connectivity index is 1.50. The van der Waals surface area contributed by atoms with Gasteiger partial charge in [-0.3, -0.25) is 9.59 Å². The lowest BCUT2D eigenvalue weighted by Gasteiger charge is -2.17. The summed E-state index contributed by atoms with van der Waals surface area (Å²) in [6.07, 6.45) is 4.96. The van der Waals surface area contributed by atoms with Crippen molar-refractivity contribution in [3.8, 4) is 0 Å². The van der Waals surface area contributed by atoms with E-state index >= 15 is 0 Å². The largest absolute Gasteiger partial charge is 0.449 e. The van der Waals surface area contributed by atoms with Gasteiger partial charge in [-0.15, -0.1) is 0 Å². The highest BCUT2D eigenvalue weighted by Gasteiger charge is 2.24. The van der Waals surface area contributed by atoms with E-state index in [4.69, 9.17) is 4.74 Å². The SMILES string of the molecule is CC(OC(=O)c1ccc(CN2CCCC2=O)cc1)C(=O)NC1CCCC1. The van der Waals surface area contributed by atoms with E-state index in [1.54, 1.807) is 19.1 Å². The molecular weight excluding hydrogens is 332 g/mol. The molecule has 1 heterocycles. The number of nitrogens with zero attached hydrogens (tertiary/aromatic N) is 1. The fourth-order valence-corrected chi connectivity index (χ4v) is 3.51. The van der Waals surface area contributed by atoms with Crippen LogP contribution in [0.1, 0.15) is 61.4 Å². The van der Waals surface area contributed by atoms with Crippen molar-refractivity contribution >= 4 is 17.8 Å². The summed E-state index contributed by atoms with van der Waals surface area (Å²) in [4.78, 5) is 37.9. The van der Waals surface area contributed by atoms with Crippen LogP contribution in [-0.2, 0) is 20.9 Å². The molecule has 3 rings (SSSR count). The molecule has 1 atom stereocenters. The second kappa shape index (κ2) is 8.34. The van der Waals surface area contributed by atoms with Gasteiger partial charge in [0.1, 0.15) is 0 Å². The van der Waals surface area contributed by atoms with Crippen molar-refractivity contribution in [2.24, 2.45) is 0 Å². The Hall–Kier alpha value is -2.37. The summed E-state index contributed by atoms with van der Waals surface area (Å²) in [6.45, 7) is 2.94. The Bertz CT molecular complexity index is 665. The number of likely N-dealkylation sites (tertiary alicyclic amines) is 1. The molecule has 6 nitrogen and oxygen atoms in total. The molecule has 0 radical (unpaired) electrons. The summed E-state index contributed by atoms with van der Waals surface area (Å²) in [7, 11) is 0. The number of hydrogen-bond acceptors (Lipinski definition) is 4. The number of hydrogen-bond donors (Lipinski definition) is 1. The number of carbonyl (C=O) groups excluding carboxylic acids is 3. The van der Waals surface area contributed by atoms with E-state index in [1.165, 1.54) is 0 Å².